The zero-order valence-electron chi connectivity index (χ0n) is 17.6. The number of carbonyl (C=O) groups excluding carboxylic acids is 2. The third-order valence-corrected chi connectivity index (χ3v) is 5.62. The summed E-state index contributed by atoms with van der Waals surface area (Å²) in [5, 5.41) is 5.21. The number of carbonyl (C=O) groups is 2. The number of hydrogen-bond acceptors (Lipinski definition) is 3. The Hall–Kier alpha value is -3.63. The van der Waals surface area contributed by atoms with Crippen LogP contribution in [0.4, 0.5) is 27.6 Å². The Morgan fingerprint density at radius 1 is 1.00 bits per heavy atom. The Labute approximate surface area is 190 Å². The second kappa shape index (κ2) is 9.32. The van der Waals surface area contributed by atoms with Gasteiger partial charge in [-0.15, -0.1) is 0 Å². The number of ether oxygens (including phenoxy) is 1. The number of halogens is 5. The minimum Gasteiger partial charge on any atom is -0.490 e. The van der Waals surface area contributed by atoms with E-state index in [0.717, 1.165) is 24.3 Å². The number of rotatable bonds is 4. The molecule has 0 spiro atoms. The van der Waals surface area contributed by atoms with Gasteiger partial charge in [0.05, 0.1) is 16.8 Å². The highest BCUT2D eigenvalue weighted by molar-refractivity contribution is 6.40. The third kappa shape index (κ3) is 5.29. The van der Waals surface area contributed by atoms with E-state index in [4.69, 9.17) is 4.74 Å². The average molecular weight is 481 g/mol. The fourth-order valence-corrected chi connectivity index (χ4v) is 3.95. The highest BCUT2D eigenvalue weighted by Crippen LogP contribution is 2.31. The monoisotopic (exact) mass is 481 g/mol. The first-order valence-electron chi connectivity index (χ1n) is 10.5. The second-order valence-electron chi connectivity index (χ2n) is 8.07. The Morgan fingerprint density at radius 2 is 1.71 bits per heavy atom. The first kappa shape index (κ1) is 23.5. The van der Waals surface area contributed by atoms with Gasteiger partial charge in [0.1, 0.15) is 11.9 Å². The molecule has 1 heterocycles. The summed E-state index contributed by atoms with van der Waals surface area (Å²) in [5.41, 5.74) is -0.394. The standard InChI is InChI=1S/C23H20F5N3O3/c24-17-9-16-19(10-18(17)25)29-11-20(16)31-22(33)21(32)30-13-2-1-3-15(8-13)34-14-6-4-12(5-7-14)23(26,27)28/h4-7,9-11,13,15,29H,1-3,8H2,(H,30,32)(H,31,33). The van der Waals surface area contributed by atoms with E-state index in [9.17, 15) is 31.5 Å². The van der Waals surface area contributed by atoms with E-state index in [1.54, 1.807) is 0 Å². The molecule has 34 heavy (non-hydrogen) atoms. The molecule has 0 radical (unpaired) electrons. The average Bonchev–Trinajstić information content (AvgIpc) is 3.15. The summed E-state index contributed by atoms with van der Waals surface area (Å²) in [6.45, 7) is 0. The van der Waals surface area contributed by atoms with Crippen LogP contribution in [-0.4, -0.2) is 28.9 Å². The molecule has 2 amide bonds. The number of H-pyrrole nitrogens is 1. The fourth-order valence-electron chi connectivity index (χ4n) is 3.95. The Bertz CT molecular complexity index is 1210. The van der Waals surface area contributed by atoms with Crippen LogP contribution in [0.5, 0.6) is 5.75 Å². The van der Waals surface area contributed by atoms with Crippen molar-refractivity contribution in [2.24, 2.45) is 0 Å². The molecule has 11 heteroatoms. The van der Waals surface area contributed by atoms with Crippen molar-refractivity contribution in [3.63, 3.8) is 0 Å². The van der Waals surface area contributed by atoms with Crippen molar-refractivity contribution < 1.29 is 36.3 Å². The molecular weight excluding hydrogens is 461 g/mol. The molecule has 0 saturated heterocycles. The first-order chi connectivity index (χ1) is 16.1. The number of anilines is 1. The predicted octanol–water partition coefficient (Wildman–Crippen LogP) is 4.91. The number of fused-ring (bicyclic) bond motifs is 1. The summed E-state index contributed by atoms with van der Waals surface area (Å²) in [7, 11) is 0. The molecule has 1 aliphatic rings. The quantitative estimate of drug-likeness (QED) is 0.366. The molecule has 4 rings (SSSR count). The van der Waals surface area contributed by atoms with Gasteiger partial charge in [-0.25, -0.2) is 8.78 Å². The van der Waals surface area contributed by atoms with Gasteiger partial charge in [-0.2, -0.15) is 13.2 Å². The van der Waals surface area contributed by atoms with Gasteiger partial charge in [0.25, 0.3) is 0 Å². The zero-order valence-corrected chi connectivity index (χ0v) is 17.6. The zero-order chi connectivity index (χ0) is 24.5. The number of alkyl halides is 3. The van der Waals surface area contributed by atoms with E-state index in [0.29, 0.717) is 25.7 Å². The van der Waals surface area contributed by atoms with E-state index in [-0.39, 0.29) is 34.5 Å². The molecule has 3 N–H and O–H groups in total. The van der Waals surface area contributed by atoms with E-state index in [1.165, 1.54) is 18.3 Å². The molecule has 1 fully saturated rings. The van der Waals surface area contributed by atoms with E-state index < -0.39 is 35.2 Å². The molecule has 2 atom stereocenters. The van der Waals surface area contributed by atoms with Crippen molar-refractivity contribution in [2.75, 3.05) is 5.32 Å². The number of aromatic amines is 1. The maximum absolute atomic E-state index is 13.5. The van der Waals surface area contributed by atoms with Crippen LogP contribution in [0.2, 0.25) is 0 Å². The van der Waals surface area contributed by atoms with Gasteiger partial charge >= 0.3 is 18.0 Å². The lowest BCUT2D eigenvalue weighted by molar-refractivity contribution is -0.137. The van der Waals surface area contributed by atoms with Crippen molar-refractivity contribution >= 4 is 28.4 Å². The summed E-state index contributed by atoms with van der Waals surface area (Å²) >= 11 is 0. The Kier molecular flexibility index (Phi) is 6.45. The highest BCUT2D eigenvalue weighted by atomic mass is 19.4. The highest BCUT2D eigenvalue weighted by Gasteiger charge is 2.31. The Morgan fingerprint density at radius 3 is 2.41 bits per heavy atom. The fraction of sp³-hybridized carbons (Fsp3) is 0.304. The minimum absolute atomic E-state index is 0.126. The number of nitrogens with one attached hydrogen (secondary N) is 3. The lowest BCUT2D eigenvalue weighted by Crippen LogP contribution is -2.45. The van der Waals surface area contributed by atoms with Crippen LogP contribution in [-0.2, 0) is 15.8 Å². The first-order valence-corrected chi connectivity index (χ1v) is 10.5. The summed E-state index contributed by atoms with van der Waals surface area (Å²) in [4.78, 5) is 27.4. The maximum Gasteiger partial charge on any atom is 0.416 e. The number of amides is 2. The Balaban J connectivity index is 1.33. The second-order valence-corrected chi connectivity index (χ2v) is 8.07. The number of aromatic nitrogens is 1. The van der Waals surface area contributed by atoms with Gasteiger partial charge in [-0.3, -0.25) is 9.59 Å². The molecule has 3 aromatic rings. The molecule has 0 bridgehead atoms. The molecule has 180 valence electrons. The van der Waals surface area contributed by atoms with Crippen molar-refractivity contribution in [3.8, 4) is 5.75 Å². The van der Waals surface area contributed by atoms with Gasteiger partial charge in [0.15, 0.2) is 11.6 Å². The summed E-state index contributed by atoms with van der Waals surface area (Å²) in [6, 6.07) is 5.85. The SMILES string of the molecule is O=C(Nc1c[nH]c2cc(F)c(F)cc12)C(=O)NC1CCCC(Oc2ccc(C(F)(F)F)cc2)C1. The van der Waals surface area contributed by atoms with Crippen LogP contribution in [0.25, 0.3) is 10.9 Å². The van der Waals surface area contributed by atoms with Crippen molar-refractivity contribution in [3.05, 3.63) is 59.8 Å². The van der Waals surface area contributed by atoms with Crippen LogP contribution in [0.1, 0.15) is 31.2 Å². The van der Waals surface area contributed by atoms with Crippen LogP contribution >= 0.6 is 0 Å². The molecule has 1 saturated carbocycles. The molecule has 2 aromatic carbocycles. The lowest BCUT2D eigenvalue weighted by atomic mass is 9.92. The summed E-state index contributed by atoms with van der Waals surface area (Å²) in [5.74, 6) is -3.73. The van der Waals surface area contributed by atoms with Crippen LogP contribution in [0.3, 0.4) is 0 Å². The summed E-state index contributed by atoms with van der Waals surface area (Å²) in [6.07, 6.45) is -1.14. The molecule has 2 unspecified atom stereocenters. The van der Waals surface area contributed by atoms with Crippen molar-refractivity contribution in [2.45, 2.75) is 44.0 Å². The van der Waals surface area contributed by atoms with Gasteiger partial charge in [0.2, 0.25) is 0 Å². The van der Waals surface area contributed by atoms with Crippen LogP contribution in [0.15, 0.2) is 42.6 Å². The van der Waals surface area contributed by atoms with E-state index >= 15 is 0 Å². The van der Waals surface area contributed by atoms with Crippen molar-refractivity contribution in [1.29, 1.82) is 0 Å². The lowest BCUT2D eigenvalue weighted by Gasteiger charge is -2.30. The summed E-state index contributed by atoms with van der Waals surface area (Å²) < 4.78 is 70.7. The maximum atomic E-state index is 13.5. The predicted molar refractivity (Wildman–Crippen MR) is 113 cm³/mol. The minimum atomic E-state index is -4.43. The van der Waals surface area contributed by atoms with Gasteiger partial charge in [-0.05, 0) is 49.6 Å². The normalized spacial score (nSPS) is 18.5. The van der Waals surface area contributed by atoms with Gasteiger partial charge in [-0.1, -0.05) is 0 Å². The van der Waals surface area contributed by atoms with Gasteiger partial charge < -0.3 is 20.4 Å². The molecular formula is C23H20F5N3O3. The molecule has 6 nitrogen and oxygen atoms in total. The number of benzene rings is 2. The molecule has 1 aromatic heterocycles. The van der Waals surface area contributed by atoms with E-state index in [1.807, 2.05) is 0 Å². The van der Waals surface area contributed by atoms with Gasteiger partial charge in [0, 0.05) is 30.1 Å². The molecule has 0 aliphatic heterocycles. The van der Waals surface area contributed by atoms with Crippen LogP contribution < -0.4 is 15.4 Å². The van der Waals surface area contributed by atoms with Crippen molar-refractivity contribution in [1.82, 2.24) is 10.3 Å². The third-order valence-electron chi connectivity index (χ3n) is 5.62. The van der Waals surface area contributed by atoms with E-state index in [2.05, 4.69) is 15.6 Å². The largest absolute Gasteiger partial charge is 0.490 e. The van der Waals surface area contributed by atoms with Crippen LogP contribution in [0, 0.1) is 11.6 Å². The smallest absolute Gasteiger partial charge is 0.416 e. The topological polar surface area (TPSA) is 83.2 Å². The molecule has 1 aliphatic carbocycles. The number of hydrogen-bond donors (Lipinski definition) is 3.